The molecule has 0 fully saturated rings. The lowest BCUT2D eigenvalue weighted by Gasteiger charge is -2.09. The second-order valence-electron chi connectivity index (χ2n) is 3.74. The highest BCUT2D eigenvalue weighted by atomic mass is 35.5. The third-order valence-corrected chi connectivity index (χ3v) is 2.57. The highest BCUT2D eigenvalue weighted by Crippen LogP contribution is 2.23. The van der Waals surface area contributed by atoms with Crippen molar-refractivity contribution in [3.8, 4) is 5.75 Å². The SMILES string of the molecule is FC(F)(F)COc1ccc2ncc(CCl)cc2c1. The van der Waals surface area contributed by atoms with E-state index in [0.29, 0.717) is 16.8 Å². The molecule has 1 aromatic heterocycles. The highest BCUT2D eigenvalue weighted by molar-refractivity contribution is 6.17. The zero-order chi connectivity index (χ0) is 13.2. The highest BCUT2D eigenvalue weighted by Gasteiger charge is 2.28. The zero-order valence-corrected chi connectivity index (χ0v) is 9.92. The van der Waals surface area contributed by atoms with Crippen molar-refractivity contribution in [1.29, 1.82) is 0 Å². The molecule has 2 rings (SSSR count). The first-order valence-electron chi connectivity index (χ1n) is 5.12. The van der Waals surface area contributed by atoms with Gasteiger partial charge in [-0.2, -0.15) is 13.2 Å². The number of rotatable bonds is 3. The molecule has 0 amide bonds. The molecule has 6 heteroatoms. The maximum atomic E-state index is 12.0. The van der Waals surface area contributed by atoms with Gasteiger partial charge in [0.2, 0.25) is 0 Å². The number of alkyl halides is 4. The fraction of sp³-hybridized carbons (Fsp3) is 0.250. The van der Waals surface area contributed by atoms with Crippen LogP contribution >= 0.6 is 11.6 Å². The van der Waals surface area contributed by atoms with Crippen LogP contribution in [0.4, 0.5) is 13.2 Å². The first-order chi connectivity index (χ1) is 8.48. The van der Waals surface area contributed by atoms with E-state index in [1.807, 2.05) is 0 Å². The molecule has 0 unspecified atom stereocenters. The van der Waals surface area contributed by atoms with Crippen LogP contribution in [-0.4, -0.2) is 17.8 Å². The van der Waals surface area contributed by atoms with Crippen LogP contribution in [0.15, 0.2) is 30.5 Å². The molecule has 0 radical (unpaired) electrons. The molecule has 0 aliphatic rings. The first kappa shape index (κ1) is 13.0. The van der Waals surface area contributed by atoms with Crippen molar-refractivity contribution < 1.29 is 17.9 Å². The second-order valence-corrected chi connectivity index (χ2v) is 4.00. The Hall–Kier alpha value is -1.49. The van der Waals surface area contributed by atoms with Gasteiger partial charge >= 0.3 is 6.18 Å². The summed E-state index contributed by atoms with van der Waals surface area (Å²) in [6.45, 7) is -1.30. The summed E-state index contributed by atoms with van der Waals surface area (Å²) in [6, 6.07) is 6.36. The van der Waals surface area contributed by atoms with Gasteiger partial charge in [0.1, 0.15) is 5.75 Å². The van der Waals surface area contributed by atoms with Gasteiger partial charge in [-0.3, -0.25) is 4.98 Å². The van der Waals surface area contributed by atoms with Gasteiger partial charge in [0.05, 0.1) is 5.52 Å². The van der Waals surface area contributed by atoms with E-state index in [1.165, 1.54) is 12.1 Å². The van der Waals surface area contributed by atoms with Crippen molar-refractivity contribution in [3.05, 3.63) is 36.0 Å². The molecule has 0 bridgehead atoms. The van der Waals surface area contributed by atoms with Crippen LogP contribution in [0.1, 0.15) is 5.56 Å². The molecule has 2 aromatic rings. The molecular formula is C12H9ClF3NO. The predicted molar refractivity (Wildman–Crippen MR) is 62.9 cm³/mol. The molecule has 1 heterocycles. The number of ether oxygens (including phenoxy) is 1. The average Bonchev–Trinajstić information content (AvgIpc) is 2.34. The molecule has 0 saturated carbocycles. The van der Waals surface area contributed by atoms with Crippen molar-refractivity contribution in [2.24, 2.45) is 0 Å². The van der Waals surface area contributed by atoms with Crippen molar-refractivity contribution in [2.45, 2.75) is 12.1 Å². The quantitative estimate of drug-likeness (QED) is 0.792. The fourth-order valence-corrected chi connectivity index (χ4v) is 1.63. The standard InChI is InChI=1S/C12H9ClF3NO/c13-5-8-3-9-4-10(18-7-12(14,15)16)1-2-11(9)17-6-8/h1-4,6H,5,7H2. The van der Waals surface area contributed by atoms with Gasteiger partial charge in [0.25, 0.3) is 0 Å². The summed E-state index contributed by atoms with van der Waals surface area (Å²) >= 11 is 5.67. The Morgan fingerprint density at radius 3 is 2.67 bits per heavy atom. The van der Waals surface area contributed by atoms with E-state index < -0.39 is 12.8 Å². The molecule has 0 atom stereocenters. The Balaban J connectivity index is 2.25. The summed E-state index contributed by atoms with van der Waals surface area (Å²) in [7, 11) is 0. The molecule has 1 aromatic carbocycles. The van der Waals surface area contributed by atoms with Crippen LogP contribution in [0.3, 0.4) is 0 Å². The monoisotopic (exact) mass is 275 g/mol. The minimum atomic E-state index is -4.34. The summed E-state index contributed by atoms with van der Waals surface area (Å²) in [5.74, 6) is 0.463. The molecule has 18 heavy (non-hydrogen) atoms. The molecular weight excluding hydrogens is 267 g/mol. The number of benzene rings is 1. The minimum Gasteiger partial charge on any atom is -0.484 e. The summed E-state index contributed by atoms with van der Waals surface area (Å²) in [6.07, 6.45) is -2.71. The topological polar surface area (TPSA) is 22.1 Å². The Kier molecular flexibility index (Phi) is 3.61. The van der Waals surface area contributed by atoms with Gasteiger partial charge in [-0.15, -0.1) is 11.6 Å². The maximum Gasteiger partial charge on any atom is 0.422 e. The smallest absolute Gasteiger partial charge is 0.422 e. The van der Waals surface area contributed by atoms with Crippen molar-refractivity contribution >= 4 is 22.5 Å². The lowest BCUT2D eigenvalue weighted by Crippen LogP contribution is -2.19. The molecule has 0 aliphatic heterocycles. The molecule has 0 aliphatic carbocycles. The van der Waals surface area contributed by atoms with Crippen LogP contribution in [0.25, 0.3) is 10.9 Å². The Labute approximate surface area is 106 Å². The van der Waals surface area contributed by atoms with E-state index in [0.717, 1.165) is 5.56 Å². The Morgan fingerprint density at radius 1 is 1.22 bits per heavy atom. The molecule has 0 spiro atoms. The van der Waals surface area contributed by atoms with E-state index in [4.69, 9.17) is 11.6 Å². The lowest BCUT2D eigenvalue weighted by molar-refractivity contribution is -0.153. The number of halogens is 4. The Morgan fingerprint density at radius 2 is 2.00 bits per heavy atom. The van der Waals surface area contributed by atoms with Crippen LogP contribution in [0.5, 0.6) is 5.75 Å². The first-order valence-corrected chi connectivity index (χ1v) is 5.65. The average molecular weight is 276 g/mol. The van der Waals surface area contributed by atoms with E-state index in [2.05, 4.69) is 9.72 Å². The minimum absolute atomic E-state index is 0.161. The summed E-state index contributed by atoms with van der Waals surface area (Å²) in [4.78, 5) is 4.14. The van der Waals surface area contributed by atoms with E-state index in [-0.39, 0.29) is 5.75 Å². The second kappa shape index (κ2) is 5.02. The third kappa shape index (κ3) is 3.26. The van der Waals surface area contributed by atoms with Gasteiger partial charge in [0.15, 0.2) is 6.61 Å². The van der Waals surface area contributed by atoms with Crippen molar-refractivity contribution in [2.75, 3.05) is 6.61 Å². The van der Waals surface area contributed by atoms with Crippen LogP contribution < -0.4 is 4.74 Å². The van der Waals surface area contributed by atoms with Gasteiger partial charge < -0.3 is 4.74 Å². The number of hydrogen-bond donors (Lipinski definition) is 0. The summed E-state index contributed by atoms with van der Waals surface area (Å²) < 4.78 is 40.7. The van der Waals surface area contributed by atoms with Crippen molar-refractivity contribution in [3.63, 3.8) is 0 Å². The number of aromatic nitrogens is 1. The Bertz CT molecular complexity index is 557. The van der Waals surface area contributed by atoms with Crippen LogP contribution in [0.2, 0.25) is 0 Å². The number of fused-ring (bicyclic) bond motifs is 1. The third-order valence-electron chi connectivity index (χ3n) is 2.27. The van der Waals surface area contributed by atoms with Gasteiger partial charge in [-0.25, -0.2) is 0 Å². The maximum absolute atomic E-state index is 12.0. The predicted octanol–water partition coefficient (Wildman–Crippen LogP) is 3.91. The number of pyridine rings is 1. The zero-order valence-electron chi connectivity index (χ0n) is 9.17. The van der Waals surface area contributed by atoms with E-state index in [9.17, 15) is 13.2 Å². The lowest BCUT2D eigenvalue weighted by atomic mass is 10.1. The molecule has 0 saturated heterocycles. The summed E-state index contributed by atoms with van der Waals surface area (Å²) in [5, 5.41) is 0.702. The molecule has 0 N–H and O–H groups in total. The van der Waals surface area contributed by atoms with Gasteiger partial charge in [-0.05, 0) is 29.8 Å². The molecule has 2 nitrogen and oxygen atoms in total. The fourth-order valence-electron chi connectivity index (χ4n) is 1.48. The van der Waals surface area contributed by atoms with Crippen LogP contribution in [-0.2, 0) is 5.88 Å². The van der Waals surface area contributed by atoms with Gasteiger partial charge in [-0.1, -0.05) is 0 Å². The van der Waals surface area contributed by atoms with Gasteiger partial charge in [0, 0.05) is 17.5 Å². The number of hydrogen-bond acceptors (Lipinski definition) is 2. The normalized spacial score (nSPS) is 11.8. The van der Waals surface area contributed by atoms with Crippen molar-refractivity contribution in [1.82, 2.24) is 4.98 Å². The summed E-state index contributed by atoms with van der Waals surface area (Å²) in [5.41, 5.74) is 1.49. The van der Waals surface area contributed by atoms with Crippen LogP contribution in [0, 0.1) is 0 Å². The van der Waals surface area contributed by atoms with E-state index >= 15 is 0 Å². The molecule has 96 valence electrons. The largest absolute Gasteiger partial charge is 0.484 e. The number of nitrogens with zero attached hydrogens (tertiary/aromatic N) is 1. The van der Waals surface area contributed by atoms with E-state index in [1.54, 1.807) is 18.3 Å².